The number of ether oxygens (including phenoxy) is 1. The summed E-state index contributed by atoms with van der Waals surface area (Å²) in [6, 6.07) is 2.16. The van der Waals surface area contributed by atoms with E-state index in [4.69, 9.17) is 4.74 Å². The Morgan fingerprint density at radius 2 is 2.38 bits per heavy atom. The smallest absolute Gasteiger partial charge is 0.0462 e. The summed E-state index contributed by atoms with van der Waals surface area (Å²) in [4.78, 5) is 0. The van der Waals surface area contributed by atoms with Crippen LogP contribution in [0, 0.1) is 0 Å². The molecule has 0 aromatic carbocycles. The van der Waals surface area contributed by atoms with E-state index in [1.54, 1.807) is 18.4 Å². The molecule has 74 valence electrons. The van der Waals surface area contributed by atoms with Gasteiger partial charge < -0.3 is 10.1 Å². The van der Waals surface area contributed by atoms with Crippen LogP contribution in [0.2, 0.25) is 0 Å². The van der Waals surface area contributed by atoms with Crippen LogP contribution >= 0.6 is 11.3 Å². The molecular weight excluding hydrogens is 182 g/mol. The van der Waals surface area contributed by atoms with E-state index in [1.165, 1.54) is 12.0 Å². The van der Waals surface area contributed by atoms with Gasteiger partial charge >= 0.3 is 0 Å². The zero-order chi connectivity index (χ0) is 9.36. The molecule has 0 fully saturated rings. The first kappa shape index (κ1) is 10.7. The van der Waals surface area contributed by atoms with Gasteiger partial charge in [0.2, 0.25) is 0 Å². The van der Waals surface area contributed by atoms with Crippen LogP contribution in [0.4, 0.5) is 0 Å². The summed E-state index contributed by atoms with van der Waals surface area (Å²) in [7, 11) is 1.75. The molecule has 0 saturated carbocycles. The Morgan fingerprint density at radius 1 is 1.46 bits per heavy atom. The van der Waals surface area contributed by atoms with Gasteiger partial charge in [0, 0.05) is 20.3 Å². The van der Waals surface area contributed by atoms with Crippen molar-refractivity contribution in [2.75, 3.05) is 20.3 Å². The molecule has 0 spiro atoms. The van der Waals surface area contributed by atoms with Crippen molar-refractivity contribution in [2.24, 2.45) is 0 Å². The van der Waals surface area contributed by atoms with E-state index in [0.29, 0.717) is 0 Å². The number of nitrogens with one attached hydrogen (secondary N) is 1. The van der Waals surface area contributed by atoms with Gasteiger partial charge in [0.1, 0.15) is 0 Å². The summed E-state index contributed by atoms with van der Waals surface area (Å²) >= 11 is 1.75. The number of methoxy groups -OCH3 is 1. The minimum atomic E-state index is 0.875. The number of thiophene rings is 1. The average molecular weight is 199 g/mol. The molecule has 0 radical (unpaired) electrons. The van der Waals surface area contributed by atoms with E-state index in [9.17, 15) is 0 Å². The molecule has 2 nitrogen and oxygen atoms in total. The number of unbranched alkanes of at least 4 members (excludes halogenated alkanes) is 1. The Morgan fingerprint density at radius 3 is 3.08 bits per heavy atom. The van der Waals surface area contributed by atoms with E-state index in [2.05, 4.69) is 22.1 Å². The molecule has 1 N–H and O–H groups in total. The summed E-state index contributed by atoms with van der Waals surface area (Å²) in [6.45, 7) is 2.95. The molecule has 0 saturated heterocycles. The summed E-state index contributed by atoms with van der Waals surface area (Å²) in [5.74, 6) is 0. The van der Waals surface area contributed by atoms with Crippen molar-refractivity contribution < 1.29 is 4.74 Å². The van der Waals surface area contributed by atoms with Gasteiger partial charge in [-0.3, -0.25) is 0 Å². The molecule has 0 amide bonds. The minimum absolute atomic E-state index is 0.875. The van der Waals surface area contributed by atoms with Crippen LogP contribution in [0.25, 0.3) is 0 Å². The summed E-state index contributed by atoms with van der Waals surface area (Å²) in [5, 5.41) is 7.69. The predicted octanol–water partition coefficient (Wildman–Crippen LogP) is 2.26. The van der Waals surface area contributed by atoms with Crippen LogP contribution in [0.1, 0.15) is 18.4 Å². The average Bonchev–Trinajstić information content (AvgIpc) is 2.63. The molecule has 1 rings (SSSR count). The van der Waals surface area contributed by atoms with Crippen LogP contribution in [-0.4, -0.2) is 20.3 Å². The van der Waals surface area contributed by atoms with Gasteiger partial charge in [0.15, 0.2) is 0 Å². The van der Waals surface area contributed by atoms with Crippen molar-refractivity contribution in [3.63, 3.8) is 0 Å². The third kappa shape index (κ3) is 5.03. The van der Waals surface area contributed by atoms with E-state index in [-0.39, 0.29) is 0 Å². The van der Waals surface area contributed by atoms with Crippen molar-refractivity contribution in [3.8, 4) is 0 Å². The lowest BCUT2D eigenvalue weighted by atomic mass is 10.3. The fraction of sp³-hybridized carbons (Fsp3) is 0.600. The van der Waals surface area contributed by atoms with Crippen molar-refractivity contribution >= 4 is 11.3 Å². The fourth-order valence-electron chi connectivity index (χ4n) is 1.12. The molecule has 0 atom stereocenters. The summed E-state index contributed by atoms with van der Waals surface area (Å²) in [6.07, 6.45) is 2.34. The quantitative estimate of drug-likeness (QED) is 0.680. The Hall–Kier alpha value is -0.380. The third-order valence-electron chi connectivity index (χ3n) is 1.86. The molecular formula is C10H17NOS. The SMILES string of the molecule is COCCCCNCc1ccsc1. The zero-order valence-electron chi connectivity index (χ0n) is 8.08. The maximum Gasteiger partial charge on any atom is 0.0462 e. The fourth-order valence-corrected chi connectivity index (χ4v) is 1.79. The van der Waals surface area contributed by atoms with Gasteiger partial charge in [-0.25, -0.2) is 0 Å². The van der Waals surface area contributed by atoms with Crippen molar-refractivity contribution in [2.45, 2.75) is 19.4 Å². The van der Waals surface area contributed by atoms with Gasteiger partial charge in [0.05, 0.1) is 0 Å². The second kappa shape index (κ2) is 7.06. The number of rotatable bonds is 7. The van der Waals surface area contributed by atoms with Crippen molar-refractivity contribution in [1.82, 2.24) is 5.32 Å². The summed E-state index contributed by atoms with van der Waals surface area (Å²) < 4.78 is 4.97. The molecule has 13 heavy (non-hydrogen) atoms. The molecule has 0 aliphatic carbocycles. The first-order valence-electron chi connectivity index (χ1n) is 4.64. The highest BCUT2D eigenvalue weighted by Gasteiger charge is 1.91. The normalized spacial score (nSPS) is 10.5. The highest BCUT2D eigenvalue weighted by molar-refractivity contribution is 7.07. The van der Waals surface area contributed by atoms with Gasteiger partial charge in [-0.15, -0.1) is 0 Å². The van der Waals surface area contributed by atoms with E-state index in [1.807, 2.05) is 0 Å². The Kier molecular flexibility index (Phi) is 5.81. The second-order valence-corrected chi connectivity index (χ2v) is 3.79. The van der Waals surface area contributed by atoms with Crippen molar-refractivity contribution in [3.05, 3.63) is 22.4 Å². The lowest BCUT2D eigenvalue weighted by molar-refractivity contribution is 0.192. The maximum atomic E-state index is 4.97. The monoisotopic (exact) mass is 199 g/mol. The lowest BCUT2D eigenvalue weighted by Crippen LogP contribution is -2.14. The topological polar surface area (TPSA) is 21.3 Å². The van der Waals surface area contributed by atoms with Crippen LogP contribution in [0.5, 0.6) is 0 Å². The third-order valence-corrected chi connectivity index (χ3v) is 2.59. The Bertz CT molecular complexity index is 199. The van der Waals surface area contributed by atoms with Crippen LogP contribution in [-0.2, 0) is 11.3 Å². The molecule has 1 heterocycles. The summed E-state index contributed by atoms with van der Waals surface area (Å²) in [5.41, 5.74) is 1.39. The molecule has 0 bridgehead atoms. The molecule has 0 unspecified atom stereocenters. The van der Waals surface area contributed by atoms with Gasteiger partial charge in [-0.1, -0.05) is 0 Å². The Balaban J connectivity index is 1.90. The van der Waals surface area contributed by atoms with Crippen LogP contribution in [0.3, 0.4) is 0 Å². The highest BCUT2D eigenvalue weighted by atomic mass is 32.1. The molecule has 1 aromatic rings. The zero-order valence-corrected chi connectivity index (χ0v) is 8.90. The van der Waals surface area contributed by atoms with E-state index >= 15 is 0 Å². The molecule has 1 aromatic heterocycles. The minimum Gasteiger partial charge on any atom is -0.385 e. The first-order chi connectivity index (χ1) is 6.43. The van der Waals surface area contributed by atoms with Gasteiger partial charge in [-0.05, 0) is 41.8 Å². The van der Waals surface area contributed by atoms with Crippen LogP contribution in [0.15, 0.2) is 16.8 Å². The van der Waals surface area contributed by atoms with Crippen LogP contribution < -0.4 is 5.32 Å². The van der Waals surface area contributed by atoms with Crippen molar-refractivity contribution in [1.29, 1.82) is 0 Å². The van der Waals surface area contributed by atoms with Gasteiger partial charge in [-0.2, -0.15) is 11.3 Å². The molecule has 0 aliphatic rings. The number of hydrogen-bond acceptors (Lipinski definition) is 3. The second-order valence-electron chi connectivity index (χ2n) is 3.01. The van der Waals surface area contributed by atoms with Gasteiger partial charge in [0.25, 0.3) is 0 Å². The lowest BCUT2D eigenvalue weighted by Gasteiger charge is -2.02. The Labute approximate surface area is 83.9 Å². The maximum absolute atomic E-state index is 4.97. The largest absolute Gasteiger partial charge is 0.385 e. The predicted molar refractivity (Wildman–Crippen MR) is 57.1 cm³/mol. The first-order valence-corrected chi connectivity index (χ1v) is 5.58. The highest BCUT2D eigenvalue weighted by Crippen LogP contribution is 2.04. The van der Waals surface area contributed by atoms with E-state index < -0.39 is 0 Å². The molecule has 0 aliphatic heterocycles. The molecule has 3 heteroatoms. The van der Waals surface area contributed by atoms with E-state index in [0.717, 1.165) is 26.1 Å². The standard InChI is InChI=1S/C10H17NOS/c1-12-6-3-2-5-11-8-10-4-7-13-9-10/h4,7,9,11H,2-3,5-6,8H2,1H3. The number of hydrogen-bond donors (Lipinski definition) is 1.